The fourth-order valence-electron chi connectivity index (χ4n) is 2.98. The van der Waals surface area contributed by atoms with E-state index in [1.54, 1.807) is 0 Å². The van der Waals surface area contributed by atoms with E-state index in [0.29, 0.717) is 5.92 Å². The Balaban J connectivity index is 2.24. The highest BCUT2D eigenvalue weighted by Crippen LogP contribution is 2.37. The number of unbranched alkanes of at least 4 members (excludes halogenated alkanes) is 2. The van der Waals surface area contributed by atoms with Crippen molar-refractivity contribution < 1.29 is 4.74 Å². The molecule has 0 radical (unpaired) electrons. The van der Waals surface area contributed by atoms with E-state index in [9.17, 15) is 0 Å². The highest BCUT2D eigenvalue weighted by atomic mass is 16.5. The molecule has 2 aromatic carbocycles. The molecule has 0 amide bonds. The summed E-state index contributed by atoms with van der Waals surface area (Å²) in [4.78, 5) is 0. The van der Waals surface area contributed by atoms with Crippen LogP contribution in [-0.2, 0) is 4.74 Å². The van der Waals surface area contributed by atoms with Gasteiger partial charge in [0.2, 0.25) is 0 Å². The lowest BCUT2D eigenvalue weighted by Crippen LogP contribution is -2.13. The van der Waals surface area contributed by atoms with E-state index in [-0.39, 0.29) is 6.10 Å². The van der Waals surface area contributed by atoms with Gasteiger partial charge in [0.1, 0.15) is 0 Å². The molecule has 0 fully saturated rings. The number of hydrogen-bond acceptors (Lipinski definition) is 1. The van der Waals surface area contributed by atoms with Gasteiger partial charge >= 0.3 is 0 Å². The van der Waals surface area contributed by atoms with Crippen molar-refractivity contribution in [1.29, 1.82) is 0 Å². The van der Waals surface area contributed by atoms with Gasteiger partial charge in [-0.1, -0.05) is 86.8 Å². The Morgan fingerprint density at radius 3 is 1.90 bits per heavy atom. The van der Waals surface area contributed by atoms with Crippen LogP contribution in [0, 0.1) is 0 Å². The van der Waals surface area contributed by atoms with E-state index < -0.39 is 0 Å². The highest BCUT2D eigenvalue weighted by molar-refractivity contribution is 5.27. The summed E-state index contributed by atoms with van der Waals surface area (Å²) in [5.41, 5.74) is 2.65. The summed E-state index contributed by atoms with van der Waals surface area (Å²) in [7, 11) is 1.83. The summed E-state index contributed by atoms with van der Waals surface area (Å²) in [6, 6.07) is 21.4. The topological polar surface area (TPSA) is 9.23 Å². The summed E-state index contributed by atoms with van der Waals surface area (Å²) in [6.07, 6.45) is 5.10. The quantitative estimate of drug-likeness (QED) is 0.561. The van der Waals surface area contributed by atoms with Crippen LogP contribution in [0.1, 0.15) is 55.8 Å². The third-order valence-electron chi connectivity index (χ3n) is 4.09. The summed E-state index contributed by atoms with van der Waals surface area (Å²) < 4.78 is 5.88. The van der Waals surface area contributed by atoms with Crippen molar-refractivity contribution in [2.45, 2.75) is 44.6 Å². The van der Waals surface area contributed by atoms with Crippen molar-refractivity contribution in [2.75, 3.05) is 7.11 Å². The molecular formula is C20H26O. The van der Waals surface area contributed by atoms with E-state index in [0.717, 1.165) is 0 Å². The zero-order valence-corrected chi connectivity index (χ0v) is 13.2. The monoisotopic (exact) mass is 282 g/mol. The van der Waals surface area contributed by atoms with E-state index in [4.69, 9.17) is 4.74 Å². The number of ether oxygens (including phenoxy) is 1. The SMILES string of the molecule is CCCCC[C@H](c1ccccc1)[C@H](OC)c1ccccc1. The first kappa shape index (κ1) is 15.8. The van der Waals surface area contributed by atoms with Crippen LogP contribution in [0.4, 0.5) is 0 Å². The van der Waals surface area contributed by atoms with Crippen molar-refractivity contribution in [3.8, 4) is 0 Å². The van der Waals surface area contributed by atoms with E-state index in [1.165, 1.54) is 36.8 Å². The second-order valence-corrected chi connectivity index (χ2v) is 5.58. The van der Waals surface area contributed by atoms with Crippen LogP contribution < -0.4 is 0 Å². The fraction of sp³-hybridized carbons (Fsp3) is 0.400. The number of hydrogen-bond donors (Lipinski definition) is 0. The van der Waals surface area contributed by atoms with Gasteiger partial charge in [-0.25, -0.2) is 0 Å². The molecule has 0 bridgehead atoms. The van der Waals surface area contributed by atoms with E-state index in [1.807, 2.05) is 7.11 Å². The van der Waals surface area contributed by atoms with Crippen molar-refractivity contribution in [2.24, 2.45) is 0 Å². The third kappa shape index (κ3) is 4.44. The standard InChI is InChI=1S/C20H26O/c1-3-4-7-16-19(17-12-8-5-9-13-17)20(21-2)18-14-10-6-11-15-18/h5-6,8-15,19-20H,3-4,7,16H2,1-2H3/t19-,20-/m1/s1. The molecule has 0 N–H and O–H groups in total. The molecule has 0 aliphatic rings. The molecule has 1 nitrogen and oxygen atoms in total. The Morgan fingerprint density at radius 1 is 0.810 bits per heavy atom. The smallest absolute Gasteiger partial charge is 0.0889 e. The average molecular weight is 282 g/mol. The van der Waals surface area contributed by atoms with Gasteiger partial charge in [-0.15, -0.1) is 0 Å². The Kier molecular flexibility index (Phi) is 6.49. The summed E-state index contributed by atoms with van der Waals surface area (Å²) in [5, 5.41) is 0. The third-order valence-corrected chi connectivity index (χ3v) is 4.09. The molecule has 0 aliphatic carbocycles. The first-order valence-electron chi connectivity index (χ1n) is 7.99. The van der Waals surface area contributed by atoms with Gasteiger partial charge in [0.15, 0.2) is 0 Å². The van der Waals surface area contributed by atoms with Gasteiger partial charge in [-0.2, -0.15) is 0 Å². The molecule has 1 heteroatoms. The average Bonchev–Trinajstić information content (AvgIpc) is 2.56. The van der Waals surface area contributed by atoms with Gasteiger partial charge in [-0.05, 0) is 17.5 Å². The molecule has 0 saturated heterocycles. The van der Waals surface area contributed by atoms with Crippen LogP contribution in [-0.4, -0.2) is 7.11 Å². The number of rotatable bonds is 8. The Morgan fingerprint density at radius 2 is 1.38 bits per heavy atom. The summed E-state index contributed by atoms with van der Waals surface area (Å²) in [5.74, 6) is 0.421. The molecular weight excluding hydrogens is 256 g/mol. The van der Waals surface area contributed by atoms with Gasteiger partial charge in [0.25, 0.3) is 0 Å². The maximum Gasteiger partial charge on any atom is 0.0889 e. The molecule has 0 saturated carbocycles. The molecule has 0 aliphatic heterocycles. The molecule has 0 spiro atoms. The Bertz CT molecular complexity index is 492. The van der Waals surface area contributed by atoms with Crippen LogP contribution in [0.25, 0.3) is 0 Å². The summed E-state index contributed by atoms with van der Waals surface area (Å²) in [6.45, 7) is 2.25. The van der Waals surface area contributed by atoms with Gasteiger partial charge < -0.3 is 4.74 Å². The lowest BCUT2D eigenvalue weighted by Gasteiger charge is -2.27. The molecule has 0 heterocycles. The molecule has 0 unspecified atom stereocenters. The minimum Gasteiger partial charge on any atom is -0.376 e. The lowest BCUT2D eigenvalue weighted by atomic mass is 9.85. The normalized spacial score (nSPS) is 13.8. The summed E-state index contributed by atoms with van der Waals surface area (Å²) >= 11 is 0. The predicted molar refractivity (Wildman–Crippen MR) is 89.5 cm³/mol. The Hall–Kier alpha value is -1.60. The maximum absolute atomic E-state index is 5.88. The zero-order chi connectivity index (χ0) is 14.9. The van der Waals surface area contributed by atoms with Crippen LogP contribution in [0.3, 0.4) is 0 Å². The van der Waals surface area contributed by atoms with Crippen LogP contribution >= 0.6 is 0 Å². The van der Waals surface area contributed by atoms with Gasteiger partial charge in [0, 0.05) is 13.0 Å². The second kappa shape index (κ2) is 8.63. The largest absolute Gasteiger partial charge is 0.376 e. The Labute approximate surface area is 129 Å². The molecule has 2 aromatic rings. The molecule has 21 heavy (non-hydrogen) atoms. The number of benzene rings is 2. The predicted octanol–water partition coefficient (Wildman–Crippen LogP) is 5.74. The minimum atomic E-state index is 0.130. The lowest BCUT2D eigenvalue weighted by molar-refractivity contribution is 0.0748. The zero-order valence-electron chi connectivity index (χ0n) is 13.2. The van der Waals surface area contributed by atoms with Crippen molar-refractivity contribution in [3.63, 3.8) is 0 Å². The fourth-order valence-corrected chi connectivity index (χ4v) is 2.98. The maximum atomic E-state index is 5.88. The molecule has 2 atom stereocenters. The van der Waals surface area contributed by atoms with Crippen molar-refractivity contribution >= 4 is 0 Å². The van der Waals surface area contributed by atoms with Crippen LogP contribution in [0.5, 0.6) is 0 Å². The van der Waals surface area contributed by atoms with E-state index in [2.05, 4.69) is 67.6 Å². The van der Waals surface area contributed by atoms with Crippen molar-refractivity contribution in [1.82, 2.24) is 0 Å². The van der Waals surface area contributed by atoms with Crippen LogP contribution in [0.2, 0.25) is 0 Å². The molecule has 2 rings (SSSR count). The first-order valence-corrected chi connectivity index (χ1v) is 7.99. The van der Waals surface area contributed by atoms with E-state index >= 15 is 0 Å². The first-order chi connectivity index (χ1) is 10.4. The van der Waals surface area contributed by atoms with Gasteiger partial charge in [0.05, 0.1) is 6.10 Å². The van der Waals surface area contributed by atoms with Crippen LogP contribution in [0.15, 0.2) is 60.7 Å². The van der Waals surface area contributed by atoms with Crippen molar-refractivity contribution in [3.05, 3.63) is 71.8 Å². The molecule has 112 valence electrons. The number of methoxy groups -OCH3 is 1. The van der Waals surface area contributed by atoms with Gasteiger partial charge in [-0.3, -0.25) is 0 Å². The second-order valence-electron chi connectivity index (χ2n) is 5.58. The highest BCUT2D eigenvalue weighted by Gasteiger charge is 2.24. The molecule has 0 aromatic heterocycles. The minimum absolute atomic E-state index is 0.130.